The van der Waals surface area contributed by atoms with Crippen LogP contribution in [0, 0.1) is 0 Å². The summed E-state index contributed by atoms with van der Waals surface area (Å²) in [5, 5.41) is 38.0. The number of carbonyl (C=O) groups is 1. The zero-order chi connectivity index (χ0) is 17.2. The molecule has 7 nitrogen and oxygen atoms in total. The van der Waals surface area contributed by atoms with Crippen LogP contribution < -0.4 is 0 Å². The highest BCUT2D eigenvalue weighted by atomic mass is 16.6. The van der Waals surface area contributed by atoms with E-state index in [0.29, 0.717) is 6.42 Å². The summed E-state index contributed by atoms with van der Waals surface area (Å²) in [5.74, 6) is -0.399. The Morgan fingerprint density at radius 2 is 1.52 bits per heavy atom. The minimum atomic E-state index is -1.61. The van der Waals surface area contributed by atoms with Gasteiger partial charge in [-0.05, 0) is 6.42 Å². The van der Waals surface area contributed by atoms with Gasteiger partial charge in [-0.3, -0.25) is 4.79 Å². The molecule has 0 radical (unpaired) electrons. The van der Waals surface area contributed by atoms with Crippen molar-refractivity contribution in [2.75, 3.05) is 6.61 Å². The first-order chi connectivity index (χ1) is 11.0. The molecule has 4 N–H and O–H groups in total. The van der Waals surface area contributed by atoms with Gasteiger partial charge in [0.1, 0.15) is 31.0 Å². The normalized spacial score (nSPS) is 31.1. The molecule has 0 spiro atoms. The van der Waals surface area contributed by atoms with Gasteiger partial charge in [-0.25, -0.2) is 0 Å². The summed E-state index contributed by atoms with van der Waals surface area (Å²) in [4.78, 5) is 11.6. The van der Waals surface area contributed by atoms with Crippen molar-refractivity contribution in [2.24, 2.45) is 0 Å². The Bertz CT molecular complexity index is 336. The lowest BCUT2D eigenvalue weighted by Crippen LogP contribution is -2.58. The second kappa shape index (κ2) is 10.9. The number of hydrogen-bond acceptors (Lipinski definition) is 7. The van der Waals surface area contributed by atoms with Crippen LogP contribution in [0.25, 0.3) is 0 Å². The molecule has 1 fully saturated rings. The van der Waals surface area contributed by atoms with E-state index in [1.165, 1.54) is 25.7 Å². The van der Waals surface area contributed by atoms with Crippen LogP contribution in [-0.2, 0) is 14.3 Å². The number of esters is 1. The van der Waals surface area contributed by atoms with Crippen LogP contribution in [0.3, 0.4) is 0 Å². The molecular weight excluding hydrogens is 304 g/mol. The number of unbranched alkanes of at least 4 members (excludes halogenated alkanes) is 6. The van der Waals surface area contributed by atoms with Crippen LogP contribution in [0.2, 0.25) is 0 Å². The summed E-state index contributed by atoms with van der Waals surface area (Å²) in [7, 11) is 0. The van der Waals surface area contributed by atoms with Gasteiger partial charge in [-0.1, -0.05) is 45.4 Å². The Labute approximate surface area is 137 Å². The molecule has 0 aromatic heterocycles. The Morgan fingerprint density at radius 3 is 2.17 bits per heavy atom. The van der Waals surface area contributed by atoms with Gasteiger partial charge in [-0.2, -0.15) is 0 Å². The zero-order valence-electron chi connectivity index (χ0n) is 13.8. The third-order valence-electron chi connectivity index (χ3n) is 4.08. The van der Waals surface area contributed by atoms with E-state index in [1.807, 2.05) is 0 Å². The molecule has 0 bridgehead atoms. The highest BCUT2D eigenvalue weighted by Crippen LogP contribution is 2.20. The van der Waals surface area contributed by atoms with Crippen molar-refractivity contribution < 1.29 is 34.7 Å². The summed E-state index contributed by atoms with van der Waals surface area (Å²) in [6.45, 7) is 1.90. The monoisotopic (exact) mass is 334 g/mol. The fraction of sp³-hybridized carbons (Fsp3) is 0.938. The van der Waals surface area contributed by atoms with E-state index < -0.39 is 36.7 Å². The number of rotatable bonds is 10. The summed E-state index contributed by atoms with van der Waals surface area (Å²) >= 11 is 0. The number of ether oxygens (including phenoxy) is 2. The van der Waals surface area contributed by atoms with Crippen molar-refractivity contribution >= 4 is 5.97 Å². The van der Waals surface area contributed by atoms with E-state index >= 15 is 0 Å². The van der Waals surface area contributed by atoms with Gasteiger partial charge in [0, 0.05) is 6.42 Å². The molecule has 7 heteroatoms. The molecule has 1 aliphatic heterocycles. The molecule has 1 saturated heterocycles. The first-order valence-electron chi connectivity index (χ1n) is 8.50. The van der Waals surface area contributed by atoms with Gasteiger partial charge in [0.2, 0.25) is 0 Å². The Hall–Kier alpha value is -0.730. The van der Waals surface area contributed by atoms with Crippen molar-refractivity contribution in [3.05, 3.63) is 0 Å². The maximum Gasteiger partial charge on any atom is 0.305 e. The van der Waals surface area contributed by atoms with Gasteiger partial charge < -0.3 is 29.9 Å². The smallest absolute Gasteiger partial charge is 0.305 e. The summed E-state index contributed by atoms with van der Waals surface area (Å²) in [6.07, 6.45) is 0.806. The lowest BCUT2D eigenvalue weighted by Gasteiger charge is -2.37. The zero-order valence-corrected chi connectivity index (χ0v) is 13.8. The third kappa shape index (κ3) is 7.14. The largest absolute Gasteiger partial charge is 0.463 e. The molecule has 136 valence electrons. The fourth-order valence-corrected chi connectivity index (χ4v) is 2.54. The Morgan fingerprint density at radius 1 is 0.913 bits per heavy atom. The van der Waals surface area contributed by atoms with E-state index in [9.17, 15) is 25.2 Å². The van der Waals surface area contributed by atoms with Crippen molar-refractivity contribution in [2.45, 2.75) is 89.0 Å². The van der Waals surface area contributed by atoms with Gasteiger partial charge in [0.05, 0.1) is 0 Å². The minimum Gasteiger partial charge on any atom is -0.463 e. The van der Waals surface area contributed by atoms with Crippen molar-refractivity contribution in [3.63, 3.8) is 0 Å². The second-order valence-corrected chi connectivity index (χ2v) is 6.09. The number of aliphatic hydroxyl groups is 4. The van der Waals surface area contributed by atoms with Crippen LogP contribution in [0.5, 0.6) is 0 Å². The number of carbonyl (C=O) groups excluding carboxylic acids is 1. The molecule has 0 aliphatic carbocycles. The van der Waals surface area contributed by atoms with E-state index in [1.54, 1.807) is 0 Å². The van der Waals surface area contributed by atoms with E-state index in [0.717, 1.165) is 19.3 Å². The summed E-state index contributed by atoms with van der Waals surface area (Å²) in [5.41, 5.74) is 0. The molecule has 0 saturated carbocycles. The van der Waals surface area contributed by atoms with Crippen LogP contribution in [0.15, 0.2) is 0 Å². The first-order valence-corrected chi connectivity index (χ1v) is 8.50. The average molecular weight is 334 g/mol. The molecule has 23 heavy (non-hydrogen) atoms. The maximum absolute atomic E-state index is 11.6. The van der Waals surface area contributed by atoms with E-state index in [4.69, 9.17) is 9.47 Å². The molecule has 0 aromatic carbocycles. The molecule has 1 heterocycles. The van der Waals surface area contributed by atoms with Crippen molar-refractivity contribution in [1.29, 1.82) is 0 Å². The second-order valence-electron chi connectivity index (χ2n) is 6.09. The molecule has 0 aromatic rings. The molecule has 5 atom stereocenters. The first kappa shape index (κ1) is 20.3. The van der Waals surface area contributed by atoms with Gasteiger partial charge >= 0.3 is 5.97 Å². The molecule has 0 amide bonds. The fourth-order valence-electron chi connectivity index (χ4n) is 2.54. The predicted molar refractivity (Wildman–Crippen MR) is 82.5 cm³/mol. The SMILES string of the molecule is CCCCCCCCCC(=O)OC[C@H]1O[C@@H](O)[C@H](O)[C@H](O)[C@H]1O. The lowest BCUT2D eigenvalue weighted by molar-refractivity contribution is -0.287. The maximum atomic E-state index is 11.6. The minimum absolute atomic E-state index is 0.267. The van der Waals surface area contributed by atoms with Crippen LogP contribution in [0.4, 0.5) is 0 Å². The van der Waals surface area contributed by atoms with Crippen LogP contribution in [0.1, 0.15) is 58.3 Å². The van der Waals surface area contributed by atoms with Gasteiger partial charge in [0.15, 0.2) is 6.29 Å². The van der Waals surface area contributed by atoms with Gasteiger partial charge in [-0.15, -0.1) is 0 Å². The molecule has 1 rings (SSSR count). The summed E-state index contributed by atoms with van der Waals surface area (Å²) < 4.78 is 9.93. The highest BCUT2D eigenvalue weighted by Gasteiger charge is 2.43. The molecule has 0 unspecified atom stereocenters. The number of aliphatic hydroxyl groups excluding tert-OH is 4. The molecule has 1 aliphatic rings. The Kier molecular flexibility index (Phi) is 9.66. The van der Waals surface area contributed by atoms with Crippen molar-refractivity contribution in [3.8, 4) is 0 Å². The highest BCUT2D eigenvalue weighted by molar-refractivity contribution is 5.69. The third-order valence-corrected chi connectivity index (χ3v) is 4.08. The summed E-state index contributed by atoms with van der Waals surface area (Å²) in [6, 6.07) is 0. The quantitative estimate of drug-likeness (QED) is 0.339. The Balaban J connectivity index is 2.13. The van der Waals surface area contributed by atoms with Crippen molar-refractivity contribution in [1.82, 2.24) is 0 Å². The standard InChI is InChI=1S/C16H30O7/c1-2-3-4-5-6-7-8-9-12(17)22-10-11-13(18)14(19)15(20)16(21)23-11/h11,13-16,18-21H,2-10H2,1H3/t11-,13+,14-,15-,16-/m1/s1. The van der Waals surface area contributed by atoms with E-state index in [-0.39, 0.29) is 6.61 Å². The van der Waals surface area contributed by atoms with Gasteiger partial charge in [0.25, 0.3) is 0 Å². The topological polar surface area (TPSA) is 116 Å². The van der Waals surface area contributed by atoms with E-state index in [2.05, 4.69) is 6.92 Å². The van der Waals surface area contributed by atoms with Crippen LogP contribution >= 0.6 is 0 Å². The number of hydrogen-bond donors (Lipinski definition) is 4. The predicted octanol–water partition coefficient (Wildman–Crippen LogP) is 0.470. The lowest BCUT2D eigenvalue weighted by atomic mass is 9.99. The average Bonchev–Trinajstić information content (AvgIpc) is 2.54. The van der Waals surface area contributed by atoms with Crippen LogP contribution in [-0.4, -0.2) is 63.7 Å². The molecular formula is C16H30O7.